The number of carbonyl (C=O) groups excluding carboxylic acids is 3. The Bertz CT molecular complexity index is 1340. The fourth-order valence-electron chi connectivity index (χ4n) is 4.90. The van der Waals surface area contributed by atoms with Gasteiger partial charge in [-0.15, -0.1) is 0 Å². The van der Waals surface area contributed by atoms with Crippen molar-refractivity contribution in [2.75, 3.05) is 25.1 Å². The second kappa shape index (κ2) is 11.7. The first kappa shape index (κ1) is 26.4. The van der Waals surface area contributed by atoms with Crippen molar-refractivity contribution >= 4 is 23.5 Å². The van der Waals surface area contributed by atoms with Gasteiger partial charge in [0.05, 0.1) is 24.9 Å². The van der Waals surface area contributed by atoms with Crippen LogP contribution in [0.15, 0.2) is 66.9 Å². The Hall–Kier alpha value is -4.24. The molecule has 1 aromatic heterocycles. The highest BCUT2D eigenvalue weighted by atomic mass is 16.5. The molecular formula is C30H32N4O5. The summed E-state index contributed by atoms with van der Waals surface area (Å²) < 4.78 is 11.0. The van der Waals surface area contributed by atoms with E-state index in [0.29, 0.717) is 30.1 Å². The molecule has 9 nitrogen and oxygen atoms in total. The van der Waals surface area contributed by atoms with E-state index in [1.165, 1.54) is 0 Å². The number of carbonyl (C=O) groups is 3. The molecule has 1 saturated heterocycles. The van der Waals surface area contributed by atoms with Crippen LogP contribution in [0.5, 0.6) is 5.75 Å². The van der Waals surface area contributed by atoms with Gasteiger partial charge in [-0.25, -0.2) is 4.79 Å². The first-order chi connectivity index (χ1) is 19.0. The number of esters is 1. The summed E-state index contributed by atoms with van der Waals surface area (Å²) in [5, 5.41) is 3.10. The number of piperazine rings is 1. The molecule has 2 aliphatic rings. The van der Waals surface area contributed by atoms with Crippen LogP contribution in [-0.4, -0.2) is 60.0 Å². The zero-order valence-electron chi connectivity index (χ0n) is 22.1. The van der Waals surface area contributed by atoms with Crippen molar-refractivity contribution < 1.29 is 23.9 Å². The molecule has 0 spiro atoms. The third kappa shape index (κ3) is 5.93. The highest BCUT2D eigenvalue weighted by molar-refractivity contribution is 6.03. The van der Waals surface area contributed by atoms with Crippen molar-refractivity contribution in [3.8, 4) is 5.75 Å². The Morgan fingerprint density at radius 2 is 1.82 bits per heavy atom. The summed E-state index contributed by atoms with van der Waals surface area (Å²) in [5.41, 5.74) is 3.56. The van der Waals surface area contributed by atoms with Crippen molar-refractivity contribution in [2.24, 2.45) is 0 Å². The number of aromatic nitrogens is 1. The number of hydrogen-bond acceptors (Lipinski definition) is 7. The molecule has 0 bridgehead atoms. The molecule has 1 saturated carbocycles. The third-order valence-corrected chi connectivity index (χ3v) is 7.05. The molecule has 1 atom stereocenters. The molecule has 3 aromatic rings. The van der Waals surface area contributed by atoms with Gasteiger partial charge >= 0.3 is 5.97 Å². The first-order valence-electron chi connectivity index (χ1n) is 13.1. The maximum absolute atomic E-state index is 14.0. The second-order valence-corrected chi connectivity index (χ2v) is 9.81. The van der Waals surface area contributed by atoms with Crippen LogP contribution in [0.4, 0.5) is 5.69 Å². The average molecular weight is 529 g/mol. The number of ether oxygens (including phenoxy) is 2. The van der Waals surface area contributed by atoms with Crippen LogP contribution in [-0.2, 0) is 27.5 Å². The Balaban J connectivity index is 1.32. The number of hydrogen-bond donors (Lipinski definition) is 1. The summed E-state index contributed by atoms with van der Waals surface area (Å²) in [7, 11) is 1.61. The fraction of sp³-hybridized carbons (Fsp3) is 0.333. The van der Waals surface area contributed by atoms with Crippen LogP contribution in [0, 0.1) is 6.92 Å². The summed E-state index contributed by atoms with van der Waals surface area (Å²) in [4.78, 5) is 47.1. The summed E-state index contributed by atoms with van der Waals surface area (Å²) in [6.07, 6.45) is 3.59. The number of aryl methyl sites for hydroxylation is 1. The quantitative estimate of drug-likeness (QED) is 0.426. The highest BCUT2D eigenvalue weighted by Gasteiger charge is 2.41. The molecule has 5 rings (SSSR count). The van der Waals surface area contributed by atoms with Gasteiger partial charge in [-0.3, -0.25) is 19.5 Å². The normalized spacial score (nSPS) is 17.0. The zero-order chi connectivity index (χ0) is 27.4. The summed E-state index contributed by atoms with van der Waals surface area (Å²) in [6.45, 7) is 2.88. The lowest BCUT2D eigenvalue weighted by Crippen LogP contribution is -2.61. The molecule has 0 radical (unpaired) electrons. The first-order valence-corrected chi connectivity index (χ1v) is 13.1. The maximum atomic E-state index is 14.0. The molecule has 1 aliphatic carbocycles. The van der Waals surface area contributed by atoms with E-state index in [1.54, 1.807) is 54.6 Å². The minimum Gasteiger partial charge on any atom is -0.494 e. The van der Waals surface area contributed by atoms with Gasteiger partial charge < -0.3 is 19.7 Å². The molecule has 1 N–H and O–H groups in total. The molecule has 2 heterocycles. The van der Waals surface area contributed by atoms with E-state index in [4.69, 9.17) is 9.47 Å². The largest absolute Gasteiger partial charge is 0.494 e. The van der Waals surface area contributed by atoms with Gasteiger partial charge in [-0.1, -0.05) is 30.3 Å². The number of methoxy groups -OCH3 is 1. The number of anilines is 1. The van der Waals surface area contributed by atoms with Crippen molar-refractivity contribution in [1.82, 2.24) is 15.2 Å². The molecule has 0 unspecified atom stereocenters. The lowest BCUT2D eigenvalue weighted by molar-refractivity contribution is -0.136. The SMILES string of the molecule is COc1c(CN(C(=O)[C@H]2CNCC(=O)N2c2ccc(COC(=O)c3ccccc3)cc2)C2CC2)ccnc1C. The summed E-state index contributed by atoms with van der Waals surface area (Å²) in [6, 6.07) is 17.4. The van der Waals surface area contributed by atoms with Crippen LogP contribution >= 0.6 is 0 Å². The van der Waals surface area contributed by atoms with Gasteiger partial charge in [0.25, 0.3) is 0 Å². The molecule has 39 heavy (non-hydrogen) atoms. The molecular weight excluding hydrogens is 496 g/mol. The van der Waals surface area contributed by atoms with Gasteiger partial charge in [0.1, 0.15) is 18.4 Å². The van der Waals surface area contributed by atoms with Crippen molar-refractivity contribution in [3.63, 3.8) is 0 Å². The number of nitrogens with one attached hydrogen (secondary N) is 1. The van der Waals surface area contributed by atoms with Crippen LogP contribution in [0.2, 0.25) is 0 Å². The molecule has 2 aromatic carbocycles. The highest BCUT2D eigenvalue weighted by Crippen LogP contribution is 2.33. The van der Waals surface area contributed by atoms with E-state index in [1.807, 2.05) is 36.1 Å². The Morgan fingerprint density at radius 3 is 2.51 bits per heavy atom. The molecule has 2 amide bonds. The standard InChI is InChI=1S/C30H32N4O5/c1-20-28(38-2)23(14-15-32-20)18-33(24-12-13-24)29(36)26-16-31-17-27(35)34(26)25-10-8-21(9-11-25)19-39-30(37)22-6-4-3-5-7-22/h3-11,14-15,24,26,31H,12-13,16-19H2,1-2H3/t26-/m1/s1. The van der Waals surface area contributed by atoms with E-state index in [9.17, 15) is 14.4 Å². The topological polar surface area (TPSA) is 101 Å². The van der Waals surface area contributed by atoms with Gasteiger partial charge in [0, 0.05) is 36.6 Å². The molecule has 9 heteroatoms. The van der Waals surface area contributed by atoms with E-state index in [2.05, 4.69) is 10.3 Å². The van der Waals surface area contributed by atoms with E-state index >= 15 is 0 Å². The van der Waals surface area contributed by atoms with Crippen LogP contribution in [0.3, 0.4) is 0 Å². The van der Waals surface area contributed by atoms with E-state index in [0.717, 1.165) is 29.7 Å². The van der Waals surface area contributed by atoms with E-state index in [-0.39, 0.29) is 31.0 Å². The minimum atomic E-state index is -0.678. The predicted octanol–water partition coefficient (Wildman–Crippen LogP) is 3.25. The third-order valence-electron chi connectivity index (χ3n) is 7.05. The smallest absolute Gasteiger partial charge is 0.338 e. The minimum absolute atomic E-state index is 0.101. The Labute approximate surface area is 227 Å². The average Bonchev–Trinajstić information content (AvgIpc) is 3.80. The Morgan fingerprint density at radius 1 is 1.08 bits per heavy atom. The van der Waals surface area contributed by atoms with Crippen molar-refractivity contribution in [3.05, 3.63) is 89.2 Å². The lowest BCUT2D eigenvalue weighted by Gasteiger charge is -2.38. The van der Waals surface area contributed by atoms with Gasteiger partial charge in [0.15, 0.2) is 0 Å². The lowest BCUT2D eigenvalue weighted by atomic mass is 10.1. The van der Waals surface area contributed by atoms with Gasteiger partial charge in [-0.05, 0) is 55.7 Å². The van der Waals surface area contributed by atoms with E-state index < -0.39 is 12.0 Å². The monoisotopic (exact) mass is 528 g/mol. The second-order valence-electron chi connectivity index (χ2n) is 9.81. The number of benzene rings is 2. The van der Waals surface area contributed by atoms with Crippen molar-refractivity contribution in [2.45, 2.75) is 45.0 Å². The number of pyridine rings is 1. The zero-order valence-corrected chi connectivity index (χ0v) is 22.1. The van der Waals surface area contributed by atoms with Gasteiger partial charge in [-0.2, -0.15) is 0 Å². The van der Waals surface area contributed by atoms with Crippen molar-refractivity contribution in [1.29, 1.82) is 0 Å². The molecule has 2 fully saturated rings. The predicted molar refractivity (Wildman–Crippen MR) is 145 cm³/mol. The molecule has 202 valence electrons. The maximum Gasteiger partial charge on any atom is 0.338 e. The number of nitrogens with zero attached hydrogens (tertiary/aromatic N) is 3. The Kier molecular flexibility index (Phi) is 7.88. The van der Waals surface area contributed by atoms with Crippen LogP contribution in [0.1, 0.15) is 40.0 Å². The van der Waals surface area contributed by atoms with Crippen LogP contribution < -0.4 is 15.0 Å². The molecule has 1 aliphatic heterocycles. The van der Waals surface area contributed by atoms with Crippen LogP contribution in [0.25, 0.3) is 0 Å². The van der Waals surface area contributed by atoms with Gasteiger partial charge in [0.2, 0.25) is 11.8 Å². The fourth-order valence-corrected chi connectivity index (χ4v) is 4.90. The summed E-state index contributed by atoms with van der Waals surface area (Å²) >= 11 is 0. The number of amides is 2. The summed E-state index contributed by atoms with van der Waals surface area (Å²) in [5.74, 6) is 0.00406. The number of rotatable bonds is 9.